The molecule has 5 nitrogen and oxygen atoms in total. The van der Waals surface area contributed by atoms with E-state index in [1.54, 1.807) is 30.6 Å². The van der Waals surface area contributed by atoms with Crippen molar-refractivity contribution in [2.45, 2.75) is 38.8 Å². The van der Waals surface area contributed by atoms with E-state index in [2.05, 4.69) is 24.9 Å². The van der Waals surface area contributed by atoms with E-state index in [0.717, 1.165) is 30.3 Å². The minimum atomic E-state index is -2.81. The van der Waals surface area contributed by atoms with Gasteiger partial charge in [-0.3, -0.25) is 0 Å². The zero-order chi connectivity index (χ0) is 17.6. The van der Waals surface area contributed by atoms with Crippen LogP contribution in [0.4, 0.5) is 20.4 Å². The highest BCUT2D eigenvalue weighted by molar-refractivity contribution is 5.49. The number of halogens is 2. The van der Waals surface area contributed by atoms with Gasteiger partial charge in [-0.05, 0) is 43.9 Å². The zero-order valence-corrected chi connectivity index (χ0v) is 14.2. The van der Waals surface area contributed by atoms with Crippen LogP contribution in [-0.2, 0) is 0 Å². The fraction of sp³-hybridized carbons (Fsp3) is 0.444. The number of hydrogen-bond donors (Lipinski definition) is 1. The lowest BCUT2D eigenvalue weighted by molar-refractivity contribution is -0.0498. The minimum absolute atomic E-state index is 0.0234. The van der Waals surface area contributed by atoms with Crippen LogP contribution in [0.3, 0.4) is 0 Å². The summed E-state index contributed by atoms with van der Waals surface area (Å²) in [7, 11) is 0. The molecule has 3 rings (SSSR count). The molecule has 134 valence electrons. The van der Waals surface area contributed by atoms with Crippen molar-refractivity contribution in [3.05, 3.63) is 42.2 Å². The Morgan fingerprint density at radius 2 is 1.80 bits per heavy atom. The summed E-state index contributed by atoms with van der Waals surface area (Å²) in [5, 5.41) is 3.33. The molecule has 1 aliphatic rings. The van der Waals surface area contributed by atoms with Gasteiger partial charge in [-0.25, -0.2) is 9.97 Å². The van der Waals surface area contributed by atoms with Crippen molar-refractivity contribution >= 4 is 11.6 Å². The van der Waals surface area contributed by atoms with Gasteiger partial charge in [0.2, 0.25) is 0 Å². The second kappa shape index (κ2) is 8.09. The fourth-order valence-electron chi connectivity index (χ4n) is 2.97. The van der Waals surface area contributed by atoms with Gasteiger partial charge in [-0.2, -0.15) is 8.78 Å². The number of rotatable bonds is 6. The second-order valence-electron chi connectivity index (χ2n) is 6.12. The Balaban J connectivity index is 1.65. The summed E-state index contributed by atoms with van der Waals surface area (Å²) >= 11 is 0. The molecule has 7 heteroatoms. The van der Waals surface area contributed by atoms with Gasteiger partial charge in [-0.15, -0.1) is 0 Å². The van der Waals surface area contributed by atoms with Crippen LogP contribution in [0.15, 0.2) is 36.7 Å². The van der Waals surface area contributed by atoms with Crippen LogP contribution in [0.25, 0.3) is 0 Å². The van der Waals surface area contributed by atoms with E-state index >= 15 is 0 Å². The zero-order valence-electron chi connectivity index (χ0n) is 14.2. The highest BCUT2D eigenvalue weighted by atomic mass is 19.3. The van der Waals surface area contributed by atoms with Gasteiger partial charge in [0.05, 0.1) is 0 Å². The quantitative estimate of drug-likeness (QED) is 0.846. The van der Waals surface area contributed by atoms with Crippen LogP contribution >= 0.6 is 0 Å². The fourth-order valence-corrected chi connectivity index (χ4v) is 2.97. The van der Waals surface area contributed by atoms with Gasteiger partial charge in [0, 0.05) is 25.2 Å². The Morgan fingerprint density at radius 3 is 2.48 bits per heavy atom. The molecule has 2 aromatic rings. The van der Waals surface area contributed by atoms with Crippen molar-refractivity contribution in [2.24, 2.45) is 0 Å². The van der Waals surface area contributed by atoms with E-state index in [1.165, 1.54) is 19.3 Å². The molecule has 0 bridgehead atoms. The summed E-state index contributed by atoms with van der Waals surface area (Å²) in [6, 6.07) is 8.54. The number of anilines is 2. The Hall–Kier alpha value is -2.44. The highest BCUT2D eigenvalue weighted by Gasteiger charge is 2.14. The highest BCUT2D eigenvalue weighted by Crippen LogP contribution is 2.24. The average Bonchev–Trinajstić information content (AvgIpc) is 2.63. The first-order chi connectivity index (χ1) is 12.1. The molecule has 0 saturated carbocycles. The van der Waals surface area contributed by atoms with Crippen LogP contribution in [0.1, 0.15) is 37.8 Å². The first kappa shape index (κ1) is 17.4. The number of piperidine rings is 1. The summed E-state index contributed by atoms with van der Waals surface area (Å²) in [4.78, 5) is 10.9. The Morgan fingerprint density at radius 1 is 1.08 bits per heavy atom. The summed E-state index contributed by atoms with van der Waals surface area (Å²) in [6.45, 7) is 1.23. The largest absolute Gasteiger partial charge is 0.435 e. The van der Waals surface area contributed by atoms with Gasteiger partial charge in [0.15, 0.2) is 0 Å². The molecule has 1 aromatic heterocycles. The predicted octanol–water partition coefficient (Wildman–Crippen LogP) is 4.24. The maximum atomic E-state index is 12.2. The summed E-state index contributed by atoms with van der Waals surface area (Å²) in [5.74, 6) is 1.83. The first-order valence-electron chi connectivity index (χ1n) is 8.50. The third-order valence-electron chi connectivity index (χ3n) is 4.30. The van der Waals surface area contributed by atoms with E-state index in [1.807, 2.05) is 13.0 Å². The van der Waals surface area contributed by atoms with Gasteiger partial charge in [0.1, 0.15) is 23.7 Å². The van der Waals surface area contributed by atoms with E-state index in [-0.39, 0.29) is 11.8 Å². The Labute approximate surface area is 146 Å². The van der Waals surface area contributed by atoms with Crippen LogP contribution in [0.5, 0.6) is 5.75 Å². The molecular weight excluding hydrogens is 326 g/mol. The van der Waals surface area contributed by atoms with Crippen LogP contribution in [0, 0.1) is 0 Å². The number of nitrogens with zero attached hydrogens (tertiary/aromatic N) is 3. The lowest BCUT2D eigenvalue weighted by atomic mass is 10.1. The number of aromatic nitrogens is 2. The maximum absolute atomic E-state index is 12.2. The third kappa shape index (κ3) is 4.78. The molecule has 1 saturated heterocycles. The lowest BCUT2D eigenvalue weighted by Gasteiger charge is -2.28. The molecular formula is C18H22F2N4O. The Bertz CT molecular complexity index is 675. The number of nitrogens with one attached hydrogen (secondary N) is 1. The lowest BCUT2D eigenvalue weighted by Crippen LogP contribution is -2.30. The average molecular weight is 348 g/mol. The number of hydrogen-bond acceptors (Lipinski definition) is 5. The molecule has 1 aliphatic heterocycles. The van der Waals surface area contributed by atoms with Crippen molar-refractivity contribution in [3.63, 3.8) is 0 Å². The topological polar surface area (TPSA) is 50.3 Å². The number of benzene rings is 1. The third-order valence-corrected chi connectivity index (χ3v) is 4.30. The smallest absolute Gasteiger partial charge is 0.387 e. The molecule has 0 amide bonds. The van der Waals surface area contributed by atoms with Crippen molar-refractivity contribution in [1.82, 2.24) is 9.97 Å². The number of ether oxygens (including phenoxy) is 1. The first-order valence-corrected chi connectivity index (χ1v) is 8.50. The Kier molecular flexibility index (Phi) is 5.63. The van der Waals surface area contributed by atoms with E-state index in [4.69, 9.17) is 0 Å². The molecule has 2 heterocycles. The second-order valence-corrected chi connectivity index (χ2v) is 6.12. The van der Waals surface area contributed by atoms with Crippen LogP contribution < -0.4 is 15.0 Å². The molecule has 0 aliphatic carbocycles. The standard InChI is InChI=1S/C18H22F2N4O/c1-13(14-5-7-15(8-6-14)25-18(19)20)23-16-11-17(22-12-21-16)24-9-3-2-4-10-24/h5-8,11-13,18H,2-4,9-10H2,1H3,(H,21,22,23). The molecule has 1 aromatic carbocycles. The van der Waals surface area contributed by atoms with E-state index < -0.39 is 6.61 Å². The molecule has 0 radical (unpaired) electrons. The minimum Gasteiger partial charge on any atom is -0.435 e. The molecule has 1 fully saturated rings. The van der Waals surface area contributed by atoms with Crippen LogP contribution in [-0.4, -0.2) is 29.7 Å². The summed E-state index contributed by atoms with van der Waals surface area (Å²) < 4.78 is 28.8. The molecule has 1 unspecified atom stereocenters. The van der Waals surface area contributed by atoms with Crippen molar-refractivity contribution < 1.29 is 13.5 Å². The number of alkyl halides is 2. The molecule has 1 N–H and O–H groups in total. The van der Waals surface area contributed by atoms with Gasteiger partial charge in [-0.1, -0.05) is 12.1 Å². The predicted molar refractivity (Wildman–Crippen MR) is 93.2 cm³/mol. The van der Waals surface area contributed by atoms with E-state index in [9.17, 15) is 8.78 Å². The van der Waals surface area contributed by atoms with Crippen molar-refractivity contribution in [2.75, 3.05) is 23.3 Å². The van der Waals surface area contributed by atoms with Crippen molar-refractivity contribution in [3.8, 4) is 5.75 Å². The van der Waals surface area contributed by atoms with Gasteiger partial charge >= 0.3 is 6.61 Å². The monoisotopic (exact) mass is 348 g/mol. The molecule has 1 atom stereocenters. The van der Waals surface area contributed by atoms with Crippen LogP contribution in [0.2, 0.25) is 0 Å². The molecule has 0 spiro atoms. The normalized spacial score (nSPS) is 15.9. The molecule has 25 heavy (non-hydrogen) atoms. The van der Waals surface area contributed by atoms with E-state index in [0.29, 0.717) is 0 Å². The summed E-state index contributed by atoms with van der Waals surface area (Å²) in [6.07, 6.45) is 5.22. The summed E-state index contributed by atoms with van der Waals surface area (Å²) in [5.41, 5.74) is 0.958. The van der Waals surface area contributed by atoms with Gasteiger partial charge in [0.25, 0.3) is 0 Å². The van der Waals surface area contributed by atoms with Gasteiger partial charge < -0.3 is 15.0 Å². The van der Waals surface area contributed by atoms with Crippen molar-refractivity contribution in [1.29, 1.82) is 0 Å². The SMILES string of the molecule is CC(Nc1cc(N2CCCCC2)ncn1)c1ccc(OC(F)F)cc1. The maximum Gasteiger partial charge on any atom is 0.387 e.